The number of aliphatic hydroxyl groups excluding tert-OH is 1. The van der Waals surface area contributed by atoms with Crippen LogP contribution in [0.2, 0.25) is 0 Å². The van der Waals surface area contributed by atoms with Crippen LogP contribution in [0.4, 0.5) is 4.39 Å². The Hall–Kier alpha value is -2.40. The zero-order chi connectivity index (χ0) is 19.4. The molecule has 28 heavy (non-hydrogen) atoms. The number of aliphatic hydroxyl groups is 1. The van der Waals surface area contributed by atoms with E-state index < -0.39 is 0 Å². The van der Waals surface area contributed by atoms with E-state index in [0.717, 1.165) is 27.5 Å². The summed E-state index contributed by atoms with van der Waals surface area (Å²) in [4.78, 5) is 14.7. The van der Waals surface area contributed by atoms with Gasteiger partial charge in [0, 0.05) is 42.1 Å². The van der Waals surface area contributed by atoms with Crippen LogP contribution in [0.25, 0.3) is 32.2 Å². The van der Waals surface area contributed by atoms with E-state index in [2.05, 4.69) is 23.6 Å². The minimum atomic E-state index is -0.281. The fourth-order valence-electron chi connectivity index (χ4n) is 2.70. The van der Waals surface area contributed by atoms with E-state index in [0.29, 0.717) is 0 Å². The summed E-state index contributed by atoms with van der Waals surface area (Å²) in [6, 6.07) is 17.6. The second-order valence-electron chi connectivity index (χ2n) is 5.96. The van der Waals surface area contributed by atoms with E-state index in [-0.39, 0.29) is 37.5 Å². The number of nitrogens with zero attached hydrogens (tertiary/aromatic N) is 1. The number of pyridine rings is 1. The number of thiophene rings is 1. The predicted molar refractivity (Wildman–Crippen MR) is 108 cm³/mol. The number of ketones is 1. The van der Waals surface area contributed by atoms with E-state index in [1.807, 2.05) is 18.2 Å². The van der Waals surface area contributed by atoms with Crippen molar-refractivity contribution in [2.75, 3.05) is 0 Å². The van der Waals surface area contributed by atoms with Gasteiger partial charge in [-0.15, -0.1) is 41.2 Å². The molecule has 0 atom stereocenters. The molecule has 0 saturated carbocycles. The normalized spacial score (nSPS) is 10.9. The molecule has 0 bridgehead atoms. The summed E-state index contributed by atoms with van der Waals surface area (Å²) in [5.41, 5.74) is 2.63. The van der Waals surface area contributed by atoms with Crippen LogP contribution in [0, 0.1) is 11.9 Å². The molecule has 2 aromatic heterocycles. The molecule has 0 fully saturated rings. The number of carbonyl (C=O) groups is 1. The van der Waals surface area contributed by atoms with E-state index in [4.69, 9.17) is 10.1 Å². The Balaban J connectivity index is 0.000000306. The van der Waals surface area contributed by atoms with Crippen LogP contribution in [-0.2, 0) is 24.9 Å². The van der Waals surface area contributed by atoms with Crippen LogP contribution >= 0.6 is 11.3 Å². The van der Waals surface area contributed by atoms with Gasteiger partial charge in [0.2, 0.25) is 0 Å². The second-order valence-corrected chi connectivity index (χ2v) is 6.87. The van der Waals surface area contributed by atoms with Gasteiger partial charge in [-0.1, -0.05) is 24.3 Å². The molecule has 0 aliphatic carbocycles. The number of para-hydroxylation sites is 1. The number of hydrogen-bond acceptors (Lipinski definition) is 4. The molecule has 0 unspecified atom stereocenters. The summed E-state index contributed by atoms with van der Waals surface area (Å²) >= 11 is 1.70. The summed E-state index contributed by atoms with van der Waals surface area (Å²) in [6.45, 7) is 2.85. The first kappa shape index (κ1) is 21.9. The fraction of sp³-hybridized carbons (Fsp3) is 0.0909. The summed E-state index contributed by atoms with van der Waals surface area (Å²) < 4.78 is 14.3. The van der Waals surface area contributed by atoms with E-state index in [1.165, 1.54) is 36.8 Å². The largest absolute Gasteiger partial charge is 0.512 e. The molecule has 0 aliphatic rings. The van der Waals surface area contributed by atoms with Crippen LogP contribution in [0.15, 0.2) is 65.7 Å². The van der Waals surface area contributed by atoms with Gasteiger partial charge in [0.1, 0.15) is 0 Å². The Bertz CT molecular complexity index is 1130. The second kappa shape index (κ2) is 9.69. The topological polar surface area (TPSA) is 50.2 Å². The zero-order valence-electron chi connectivity index (χ0n) is 15.2. The first-order valence-electron chi connectivity index (χ1n) is 8.27. The number of rotatable bonds is 2. The third-order valence-electron chi connectivity index (χ3n) is 3.74. The standard InChI is InChI=1S/C17H9FNS.C5H8O2.Ir/c18-12-7-5-11(6-8-12)16-14-9-10-20-17(14)13-3-1-2-4-15(13)19-16;1-4(6)3-5(2)7;/h1-5,7-10H;3,6H,1-2H3;/q-1;;/b;4-3-;. The van der Waals surface area contributed by atoms with E-state index in [9.17, 15) is 9.18 Å². The summed E-state index contributed by atoms with van der Waals surface area (Å²) in [5, 5.41) is 12.7. The molecular weight excluding hydrogens is 554 g/mol. The quantitative estimate of drug-likeness (QED) is 0.180. The summed E-state index contributed by atoms with van der Waals surface area (Å²) in [7, 11) is 0. The maximum absolute atomic E-state index is 13.1. The van der Waals surface area contributed by atoms with Gasteiger partial charge < -0.3 is 5.11 Å². The summed E-state index contributed by atoms with van der Waals surface area (Å²) in [6.07, 6.45) is 1.17. The van der Waals surface area contributed by atoms with Crippen molar-refractivity contribution in [2.45, 2.75) is 13.8 Å². The molecule has 2 heterocycles. The van der Waals surface area contributed by atoms with Crippen LogP contribution in [0.1, 0.15) is 13.8 Å². The van der Waals surface area contributed by atoms with Gasteiger partial charge in [0.25, 0.3) is 0 Å². The van der Waals surface area contributed by atoms with E-state index >= 15 is 0 Å². The van der Waals surface area contributed by atoms with Crippen molar-refractivity contribution in [3.05, 3.63) is 77.6 Å². The molecule has 1 radical (unpaired) electrons. The molecule has 0 amide bonds. The number of fused-ring (bicyclic) bond motifs is 3. The summed E-state index contributed by atoms with van der Waals surface area (Å²) in [5.74, 6) is -0.344. The fourth-order valence-corrected chi connectivity index (χ4v) is 3.63. The number of carbonyl (C=O) groups excluding carboxylic acids is 1. The number of benzene rings is 2. The van der Waals surface area contributed by atoms with Crippen molar-refractivity contribution in [1.82, 2.24) is 4.98 Å². The Morgan fingerprint density at radius 3 is 2.50 bits per heavy atom. The smallest absolute Gasteiger partial charge is 0.155 e. The van der Waals surface area contributed by atoms with E-state index in [1.54, 1.807) is 17.4 Å². The van der Waals surface area contributed by atoms with Crippen molar-refractivity contribution in [1.29, 1.82) is 0 Å². The molecule has 4 rings (SSSR count). The minimum Gasteiger partial charge on any atom is -0.512 e. The Kier molecular flexibility index (Phi) is 7.58. The van der Waals surface area contributed by atoms with Crippen LogP contribution in [0.3, 0.4) is 0 Å². The maximum atomic E-state index is 13.1. The third-order valence-corrected chi connectivity index (χ3v) is 4.69. The number of halogens is 1. The van der Waals surface area contributed by atoms with Crippen LogP contribution in [-0.4, -0.2) is 15.9 Å². The monoisotopic (exact) mass is 571 g/mol. The van der Waals surface area contributed by atoms with Crippen molar-refractivity contribution in [3.8, 4) is 11.3 Å². The average Bonchev–Trinajstić information content (AvgIpc) is 3.11. The van der Waals surface area contributed by atoms with Gasteiger partial charge >= 0.3 is 0 Å². The molecule has 4 aromatic rings. The van der Waals surface area contributed by atoms with Crippen molar-refractivity contribution in [3.63, 3.8) is 0 Å². The first-order valence-corrected chi connectivity index (χ1v) is 9.15. The zero-order valence-corrected chi connectivity index (χ0v) is 18.4. The van der Waals surface area contributed by atoms with Crippen LogP contribution < -0.4 is 0 Å². The Morgan fingerprint density at radius 1 is 1.14 bits per heavy atom. The van der Waals surface area contributed by atoms with Gasteiger partial charge in [-0.2, -0.15) is 0 Å². The Morgan fingerprint density at radius 2 is 1.89 bits per heavy atom. The van der Waals surface area contributed by atoms with Crippen LogP contribution in [0.5, 0.6) is 0 Å². The number of aromatic nitrogens is 1. The molecule has 145 valence electrons. The molecule has 6 heteroatoms. The molecule has 0 aliphatic heterocycles. The molecule has 0 spiro atoms. The molecular formula is C22H17FIrNO2S-. The van der Waals surface area contributed by atoms with Gasteiger partial charge in [-0.25, -0.2) is 0 Å². The minimum absolute atomic E-state index is 0. The maximum Gasteiger partial charge on any atom is 0.155 e. The van der Waals surface area contributed by atoms with Crippen molar-refractivity contribution >= 4 is 38.1 Å². The average molecular weight is 571 g/mol. The molecule has 1 N–H and O–H groups in total. The molecule has 0 saturated heterocycles. The SMILES string of the molecule is CC(=O)/C=C(/C)O.Fc1c[c-]c(-c2nc3ccccc3c3sccc23)cc1.[Ir]. The van der Waals surface area contributed by atoms with Gasteiger partial charge in [-0.05, 0) is 36.4 Å². The third kappa shape index (κ3) is 5.10. The first-order chi connectivity index (χ1) is 13.0. The number of allylic oxidation sites excluding steroid dienone is 2. The molecule has 3 nitrogen and oxygen atoms in total. The number of hydrogen-bond donors (Lipinski definition) is 1. The van der Waals surface area contributed by atoms with Gasteiger partial charge in [0.15, 0.2) is 5.78 Å². The predicted octanol–water partition coefficient (Wildman–Crippen LogP) is 6.09. The van der Waals surface area contributed by atoms with Gasteiger partial charge in [0.05, 0.1) is 11.3 Å². The van der Waals surface area contributed by atoms with Gasteiger partial charge in [-0.3, -0.25) is 14.2 Å². The molecule has 2 aromatic carbocycles. The van der Waals surface area contributed by atoms with Crippen molar-refractivity contribution < 1.29 is 34.4 Å². The Labute approximate surface area is 179 Å². The van der Waals surface area contributed by atoms with Crippen molar-refractivity contribution in [2.24, 2.45) is 0 Å².